The van der Waals surface area contributed by atoms with E-state index in [1.165, 1.54) is 11.3 Å². The highest BCUT2D eigenvalue weighted by Gasteiger charge is 2.25. The maximum atomic E-state index is 13.4. The molecule has 0 atom stereocenters. The zero-order valence-electron chi connectivity index (χ0n) is 16.7. The molecule has 1 aliphatic rings. The van der Waals surface area contributed by atoms with Crippen LogP contribution in [-0.4, -0.2) is 21.8 Å². The van der Waals surface area contributed by atoms with Crippen molar-refractivity contribution >= 4 is 39.1 Å². The van der Waals surface area contributed by atoms with E-state index in [9.17, 15) is 9.59 Å². The maximum Gasteiger partial charge on any atom is 0.257 e. The lowest BCUT2D eigenvalue weighted by atomic mass is 9.95. The number of hydrogen-bond donors (Lipinski definition) is 2. The van der Waals surface area contributed by atoms with Gasteiger partial charge < -0.3 is 11.1 Å². The number of pyridine rings is 2. The van der Waals surface area contributed by atoms with E-state index in [1.54, 1.807) is 18.5 Å². The minimum Gasteiger partial charge on any atom is -0.365 e. The first-order valence-electron chi connectivity index (χ1n) is 10.2. The molecule has 3 heterocycles. The third kappa shape index (κ3) is 3.57. The third-order valence-corrected chi connectivity index (χ3v) is 6.77. The molecule has 2 amide bonds. The predicted molar refractivity (Wildman–Crippen MR) is 122 cm³/mol. The molecule has 154 valence electrons. The van der Waals surface area contributed by atoms with Gasteiger partial charge in [0.05, 0.1) is 22.3 Å². The Balaban J connectivity index is 1.59. The van der Waals surface area contributed by atoms with E-state index in [2.05, 4.69) is 10.3 Å². The van der Waals surface area contributed by atoms with Crippen LogP contribution in [-0.2, 0) is 12.8 Å². The Morgan fingerprint density at radius 1 is 1.06 bits per heavy atom. The number of carbonyl (C=O) groups is 2. The number of para-hydroxylation sites is 1. The van der Waals surface area contributed by atoms with Crippen LogP contribution >= 0.6 is 11.3 Å². The third-order valence-electron chi connectivity index (χ3n) is 5.56. The van der Waals surface area contributed by atoms with Gasteiger partial charge in [0, 0.05) is 28.2 Å². The van der Waals surface area contributed by atoms with Gasteiger partial charge in [-0.2, -0.15) is 0 Å². The molecule has 7 heteroatoms. The number of aromatic nitrogens is 2. The molecule has 1 aromatic carbocycles. The van der Waals surface area contributed by atoms with Gasteiger partial charge in [-0.25, -0.2) is 4.98 Å². The van der Waals surface area contributed by atoms with Crippen LogP contribution in [0.3, 0.4) is 0 Å². The van der Waals surface area contributed by atoms with Crippen molar-refractivity contribution in [3.8, 4) is 11.3 Å². The Morgan fingerprint density at radius 2 is 1.90 bits per heavy atom. The fraction of sp³-hybridized carbons (Fsp3) is 0.167. The smallest absolute Gasteiger partial charge is 0.257 e. The lowest BCUT2D eigenvalue weighted by Gasteiger charge is -2.12. The van der Waals surface area contributed by atoms with Crippen LogP contribution in [0, 0.1) is 0 Å². The van der Waals surface area contributed by atoms with Gasteiger partial charge in [-0.3, -0.25) is 14.6 Å². The fourth-order valence-corrected chi connectivity index (χ4v) is 5.40. The molecule has 0 spiro atoms. The number of fused-ring (bicyclic) bond motifs is 2. The standard InChI is InChI=1S/C24H20N4O2S/c25-22(29)21-16-8-2-4-10-20(16)31-24(21)28-23(30)17-12-19(14-6-5-11-26-13-14)27-18-9-3-1-7-15(17)18/h1,3,5-7,9,11-13H,2,4,8,10H2,(H2,25,29)(H,28,30). The summed E-state index contributed by atoms with van der Waals surface area (Å²) in [4.78, 5) is 35.6. The predicted octanol–water partition coefficient (Wildman–Crippen LogP) is 4.59. The number of nitrogens with zero attached hydrogens (tertiary/aromatic N) is 2. The highest BCUT2D eigenvalue weighted by Crippen LogP contribution is 2.38. The van der Waals surface area contributed by atoms with Gasteiger partial charge in [-0.15, -0.1) is 11.3 Å². The summed E-state index contributed by atoms with van der Waals surface area (Å²) in [6.45, 7) is 0. The van der Waals surface area contributed by atoms with Crippen molar-refractivity contribution in [1.82, 2.24) is 9.97 Å². The lowest BCUT2D eigenvalue weighted by molar-refractivity contribution is 0.100. The number of thiophene rings is 1. The summed E-state index contributed by atoms with van der Waals surface area (Å²) in [5.74, 6) is -0.782. The Bertz CT molecular complexity index is 1310. The van der Waals surface area contributed by atoms with Crippen LogP contribution in [0.4, 0.5) is 5.00 Å². The van der Waals surface area contributed by atoms with Crippen molar-refractivity contribution in [2.75, 3.05) is 5.32 Å². The second kappa shape index (κ2) is 7.92. The van der Waals surface area contributed by atoms with Crippen molar-refractivity contribution in [1.29, 1.82) is 0 Å². The topological polar surface area (TPSA) is 98.0 Å². The van der Waals surface area contributed by atoms with Gasteiger partial charge in [0.2, 0.25) is 0 Å². The molecule has 1 aliphatic carbocycles. The molecule has 5 rings (SSSR count). The molecule has 6 nitrogen and oxygen atoms in total. The first-order chi connectivity index (χ1) is 15.1. The summed E-state index contributed by atoms with van der Waals surface area (Å²) >= 11 is 1.46. The number of carbonyl (C=O) groups excluding carboxylic acids is 2. The number of benzene rings is 1. The molecular weight excluding hydrogens is 408 g/mol. The van der Waals surface area contributed by atoms with E-state index < -0.39 is 5.91 Å². The van der Waals surface area contributed by atoms with Crippen LogP contribution in [0.25, 0.3) is 22.2 Å². The second-order valence-electron chi connectivity index (χ2n) is 7.55. The molecule has 0 radical (unpaired) electrons. The Kier molecular flexibility index (Phi) is 4.95. The van der Waals surface area contributed by atoms with Gasteiger partial charge in [0.15, 0.2) is 0 Å². The zero-order valence-corrected chi connectivity index (χ0v) is 17.5. The van der Waals surface area contributed by atoms with Crippen LogP contribution < -0.4 is 11.1 Å². The molecule has 3 aromatic heterocycles. The minimum absolute atomic E-state index is 0.287. The van der Waals surface area contributed by atoms with Crippen LogP contribution in [0.15, 0.2) is 54.9 Å². The Morgan fingerprint density at radius 3 is 2.71 bits per heavy atom. The second-order valence-corrected chi connectivity index (χ2v) is 8.65. The van der Waals surface area contributed by atoms with Gasteiger partial charge >= 0.3 is 0 Å². The van der Waals surface area contributed by atoms with Crippen molar-refractivity contribution in [2.45, 2.75) is 25.7 Å². The highest BCUT2D eigenvalue weighted by molar-refractivity contribution is 7.17. The van der Waals surface area contributed by atoms with Crippen LogP contribution in [0.5, 0.6) is 0 Å². The average Bonchev–Trinajstić information content (AvgIpc) is 3.17. The van der Waals surface area contributed by atoms with Gasteiger partial charge in [-0.05, 0) is 55.5 Å². The quantitative estimate of drug-likeness (QED) is 0.497. The molecule has 0 saturated heterocycles. The van der Waals surface area contributed by atoms with Gasteiger partial charge in [-0.1, -0.05) is 18.2 Å². The van der Waals surface area contributed by atoms with Crippen molar-refractivity contribution in [2.24, 2.45) is 5.73 Å². The number of aryl methyl sites for hydroxylation is 1. The van der Waals surface area contributed by atoms with E-state index >= 15 is 0 Å². The van der Waals surface area contributed by atoms with E-state index in [-0.39, 0.29) is 5.91 Å². The number of primary amides is 1. The van der Waals surface area contributed by atoms with Crippen molar-refractivity contribution < 1.29 is 9.59 Å². The summed E-state index contributed by atoms with van der Waals surface area (Å²) in [6, 6.07) is 13.0. The molecule has 0 unspecified atom stereocenters. The summed E-state index contributed by atoms with van der Waals surface area (Å²) in [5.41, 5.74) is 9.84. The molecule has 31 heavy (non-hydrogen) atoms. The number of nitrogens with two attached hydrogens (primary N) is 1. The first-order valence-corrected chi connectivity index (χ1v) is 11.0. The molecule has 0 aliphatic heterocycles. The summed E-state index contributed by atoms with van der Waals surface area (Å²) < 4.78 is 0. The fourth-order valence-electron chi connectivity index (χ4n) is 4.11. The molecule has 0 saturated carbocycles. The number of nitrogens with one attached hydrogen (secondary N) is 1. The van der Waals surface area contributed by atoms with Crippen molar-refractivity contribution in [3.63, 3.8) is 0 Å². The largest absolute Gasteiger partial charge is 0.365 e. The van der Waals surface area contributed by atoms with E-state index in [0.717, 1.165) is 52.6 Å². The number of hydrogen-bond acceptors (Lipinski definition) is 5. The Labute approximate surface area is 183 Å². The summed E-state index contributed by atoms with van der Waals surface area (Å²) in [7, 11) is 0. The van der Waals surface area contributed by atoms with Crippen LogP contribution in [0.1, 0.15) is 44.0 Å². The number of anilines is 1. The van der Waals surface area contributed by atoms with Crippen molar-refractivity contribution in [3.05, 3.63) is 76.4 Å². The summed E-state index contributed by atoms with van der Waals surface area (Å²) in [5, 5.41) is 4.25. The average molecular weight is 429 g/mol. The molecule has 3 N–H and O–H groups in total. The summed E-state index contributed by atoms with van der Waals surface area (Å²) in [6.07, 6.45) is 7.27. The normalized spacial score (nSPS) is 13.0. The monoisotopic (exact) mass is 428 g/mol. The first kappa shape index (κ1) is 19.4. The highest BCUT2D eigenvalue weighted by atomic mass is 32.1. The van der Waals surface area contributed by atoms with E-state index in [0.29, 0.717) is 21.8 Å². The SMILES string of the molecule is NC(=O)c1c(NC(=O)c2cc(-c3cccnc3)nc3ccccc23)sc2c1CCCC2. The minimum atomic E-state index is -0.495. The lowest BCUT2D eigenvalue weighted by Crippen LogP contribution is -2.19. The molecular formula is C24H20N4O2S. The zero-order chi connectivity index (χ0) is 21.4. The molecule has 0 fully saturated rings. The van der Waals surface area contributed by atoms with Gasteiger partial charge in [0.25, 0.3) is 11.8 Å². The van der Waals surface area contributed by atoms with Crippen LogP contribution in [0.2, 0.25) is 0 Å². The van der Waals surface area contributed by atoms with E-state index in [1.807, 2.05) is 36.4 Å². The maximum absolute atomic E-state index is 13.4. The van der Waals surface area contributed by atoms with Gasteiger partial charge in [0.1, 0.15) is 5.00 Å². The number of amides is 2. The van der Waals surface area contributed by atoms with E-state index in [4.69, 9.17) is 10.7 Å². The molecule has 4 aromatic rings. The molecule has 0 bridgehead atoms. The number of rotatable bonds is 4. The Hall–Kier alpha value is -3.58.